The lowest BCUT2D eigenvalue weighted by Gasteiger charge is -2.14. The Morgan fingerprint density at radius 3 is 2.39 bits per heavy atom. The van der Waals surface area contributed by atoms with Crippen molar-refractivity contribution >= 4 is 55.1 Å². The Morgan fingerprint density at radius 1 is 1.06 bits per heavy atom. The summed E-state index contributed by atoms with van der Waals surface area (Å²) in [5, 5.41) is 1.32. The van der Waals surface area contributed by atoms with Gasteiger partial charge in [0.25, 0.3) is 0 Å². The molecule has 4 heteroatoms. The Bertz CT molecular complexity index is 562. The van der Waals surface area contributed by atoms with Gasteiger partial charge >= 0.3 is 0 Å². The lowest BCUT2D eigenvalue weighted by atomic mass is 10.0. The molecule has 1 unspecified atom stereocenters. The largest absolute Gasteiger partial charge is 0.0843 e. The van der Waals surface area contributed by atoms with Crippen molar-refractivity contribution in [3.63, 3.8) is 0 Å². The fourth-order valence-electron chi connectivity index (χ4n) is 1.80. The number of hydrogen-bond donors (Lipinski definition) is 0. The van der Waals surface area contributed by atoms with Crippen LogP contribution >= 0.6 is 55.1 Å². The van der Waals surface area contributed by atoms with Crippen LogP contribution in [0, 0.1) is 6.92 Å². The molecule has 0 aliphatic rings. The number of aryl methyl sites for hydroxylation is 1. The van der Waals surface area contributed by atoms with Crippen LogP contribution in [0.5, 0.6) is 0 Å². The summed E-state index contributed by atoms with van der Waals surface area (Å²) in [6, 6.07) is 11.8. The molecule has 0 aromatic heterocycles. The zero-order chi connectivity index (χ0) is 13.3. The van der Waals surface area contributed by atoms with E-state index in [4.69, 9.17) is 23.2 Å². The minimum Gasteiger partial charge on any atom is -0.0843 e. The molecule has 0 saturated heterocycles. The number of rotatable bonds is 2. The van der Waals surface area contributed by atoms with E-state index in [9.17, 15) is 0 Å². The standard InChI is InChI=1S/C14H10Br2Cl2/c1-8-4-9(6-10(15)5-8)14(16)12-3-2-11(17)7-13(12)18/h2-7,14H,1H3. The zero-order valence-corrected chi connectivity index (χ0v) is 14.2. The van der Waals surface area contributed by atoms with E-state index in [-0.39, 0.29) is 4.83 Å². The van der Waals surface area contributed by atoms with Crippen LogP contribution in [-0.2, 0) is 0 Å². The summed E-state index contributed by atoms with van der Waals surface area (Å²) in [4.78, 5) is 0.0541. The molecule has 2 rings (SSSR count). The van der Waals surface area contributed by atoms with Gasteiger partial charge in [0, 0.05) is 14.5 Å². The summed E-state index contributed by atoms with van der Waals surface area (Å²) in [5.74, 6) is 0. The predicted molar refractivity (Wildman–Crippen MR) is 86.1 cm³/mol. The molecule has 0 aliphatic carbocycles. The van der Waals surface area contributed by atoms with Crippen LogP contribution in [-0.4, -0.2) is 0 Å². The number of alkyl halides is 1. The monoisotopic (exact) mass is 406 g/mol. The summed E-state index contributed by atoms with van der Waals surface area (Å²) in [6.07, 6.45) is 0. The Balaban J connectivity index is 2.44. The molecule has 0 bridgehead atoms. The van der Waals surface area contributed by atoms with E-state index in [0.717, 1.165) is 15.6 Å². The Labute approximate surface area is 134 Å². The lowest BCUT2D eigenvalue weighted by Crippen LogP contribution is -1.95. The highest BCUT2D eigenvalue weighted by Gasteiger charge is 2.14. The number of halogens is 4. The lowest BCUT2D eigenvalue weighted by molar-refractivity contribution is 1.16. The maximum atomic E-state index is 6.23. The van der Waals surface area contributed by atoms with Crippen LogP contribution in [0.1, 0.15) is 21.5 Å². The molecule has 0 fully saturated rings. The van der Waals surface area contributed by atoms with Crippen molar-refractivity contribution in [3.8, 4) is 0 Å². The molecular formula is C14H10Br2Cl2. The SMILES string of the molecule is Cc1cc(Br)cc(C(Br)c2ccc(Cl)cc2Cl)c1. The van der Waals surface area contributed by atoms with E-state index in [1.54, 1.807) is 6.07 Å². The fraction of sp³-hybridized carbons (Fsp3) is 0.143. The second-order valence-electron chi connectivity index (χ2n) is 4.09. The molecule has 2 aromatic carbocycles. The maximum absolute atomic E-state index is 6.23. The average Bonchev–Trinajstić information content (AvgIpc) is 2.26. The molecule has 1 atom stereocenters. The minimum absolute atomic E-state index is 0.0541. The van der Waals surface area contributed by atoms with E-state index in [2.05, 4.69) is 57.0 Å². The highest BCUT2D eigenvalue weighted by atomic mass is 79.9. The first-order valence-electron chi connectivity index (χ1n) is 5.33. The molecular weight excluding hydrogens is 399 g/mol. The van der Waals surface area contributed by atoms with Gasteiger partial charge in [-0.15, -0.1) is 0 Å². The van der Waals surface area contributed by atoms with E-state index < -0.39 is 0 Å². The van der Waals surface area contributed by atoms with Gasteiger partial charge in [0.1, 0.15) is 0 Å². The molecule has 0 N–H and O–H groups in total. The molecule has 94 valence electrons. The molecule has 0 spiro atoms. The van der Waals surface area contributed by atoms with Crippen LogP contribution in [0.3, 0.4) is 0 Å². The first kappa shape index (κ1) is 14.4. The van der Waals surface area contributed by atoms with Crippen molar-refractivity contribution in [2.24, 2.45) is 0 Å². The van der Waals surface area contributed by atoms with Gasteiger partial charge in [0.15, 0.2) is 0 Å². The van der Waals surface area contributed by atoms with Crippen molar-refractivity contribution < 1.29 is 0 Å². The van der Waals surface area contributed by atoms with Gasteiger partial charge in [-0.2, -0.15) is 0 Å². The molecule has 0 nitrogen and oxygen atoms in total. The van der Waals surface area contributed by atoms with E-state index in [1.807, 2.05) is 12.1 Å². The van der Waals surface area contributed by atoms with Gasteiger partial charge in [0.2, 0.25) is 0 Å². The second-order valence-corrected chi connectivity index (χ2v) is 6.77. The first-order valence-corrected chi connectivity index (χ1v) is 7.80. The van der Waals surface area contributed by atoms with Gasteiger partial charge in [-0.05, 0) is 47.9 Å². The third kappa shape index (κ3) is 3.30. The average molecular weight is 409 g/mol. The summed E-state index contributed by atoms with van der Waals surface area (Å²) in [5.41, 5.74) is 3.37. The van der Waals surface area contributed by atoms with E-state index in [1.165, 1.54) is 5.56 Å². The van der Waals surface area contributed by atoms with E-state index >= 15 is 0 Å². The Morgan fingerprint density at radius 2 is 1.78 bits per heavy atom. The van der Waals surface area contributed by atoms with Crippen LogP contribution in [0.4, 0.5) is 0 Å². The topological polar surface area (TPSA) is 0 Å². The summed E-state index contributed by atoms with van der Waals surface area (Å²) < 4.78 is 1.06. The molecule has 0 radical (unpaired) electrons. The molecule has 0 aliphatic heterocycles. The van der Waals surface area contributed by atoms with Crippen LogP contribution in [0.2, 0.25) is 10.0 Å². The van der Waals surface area contributed by atoms with Gasteiger partial charge in [-0.25, -0.2) is 0 Å². The third-order valence-electron chi connectivity index (χ3n) is 2.59. The normalized spacial score (nSPS) is 12.5. The van der Waals surface area contributed by atoms with Crippen LogP contribution < -0.4 is 0 Å². The van der Waals surface area contributed by atoms with E-state index in [0.29, 0.717) is 10.0 Å². The molecule has 0 heterocycles. The van der Waals surface area contributed by atoms with Crippen molar-refractivity contribution in [2.75, 3.05) is 0 Å². The number of hydrogen-bond acceptors (Lipinski definition) is 0. The highest BCUT2D eigenvalue weighted by molar-refractivity contribution is 9.10. The third-order valence-corrected chi connectivity index (χ3v) is 4.63. The van der Waals surface area contributed by atoms with Crippen molar-refractivity contribution in [1.82, 2.24) is 0 Å². The number of benzene rings is 2. The molecule has 18 heavy (non-hydrogen) atoms. The highest BCUT2D eigenvalue weighted by Crippen LogP contribution is 2.37. The predicted octanol–water partition coefficient (Wildman–Crippen LogP) is 6.55. The first-order chi connectivity index (χ1) is 8.47. The Kier molecular flexibility index (Phi) is 4.76. The van der Waals surface area contributed by atoms with Gasteiger partial charge < -0.3 is 0 Å². The zero-order valence-electron chi connectivity index (χ0n) is 9.55. The van der Waals surface area contributed by atoms with Crippen molar-refractivity contribution in [1.29, 1.82) is 0 Å². The summed E-state index contributed by atoms with van der Waals surface area (Å²) in [6.45, 7) is 2.07. The Hall–Kier alpha value is -0.0200. The fourth-order valence-corrected chi connectivity index (χ4v) is 3.74. The van der Waals surface area contributed by atoms with Gasteiger partial charge in [0.05, 0.1) is 4.83 Å². The smallest absolute Gasteiger partial charge is 0.0659 e. The molecule has 0 amide bonds. The summed E-state index contributed by atoms with van der Waals surface area (Å²) in [7, 11) is 0. The second kappa shape index (κ2) is 5.96. The van der Waals surface area contributed by atoms with Gasteiger partial charge in [-0.1, -0.05) is 67.2 Å². The van der Waals surface area contributed by atoms with Gasteiger partial charge in [-0.3, -0.25) is 0 Å². The summed E-state index contributed by atoms with van der Waals surface area (Å²) >= 11 is 19.3. The van der Waals surface area contributed by atoms with Crippen molar-refractivity contribution in [2.45, 2.75) is 11.8 Å². The van der Waals surface area contributed by atoms with Crippen LogP contribution in [0.25, 0.3) is 0 Å². The molecule has 2 aromatic rings. The van der Waals surface area contributed by atoms with Crippen LogP contribution in [0.15, 0.2) is 40.9 Å². The maximum Gasteiger partial charge on any atom is 0.0659 e. The van der Waals surface area contributed by atoms with Crippen molar-refractivity contribution in [3.05, 3.63) is 67.6 Å². The minimum atomic E-state index is 0.0541. The quantitative estimate of drug-likeness (QED) is 0.494. The molecule has 0 saturated carbocycles.